The number of rotatable bonds is 2. The molecule has 1 N–H and O–H groups in total. The Morgan fingerprint density at radius 2 is 2.07 bits per heavy atom. The van der Waals surface area contributed by atoms with Crippen molar-refractivity contribution >= 4 is 5.78 Å². The Labute approximate surface area is 90.7 Å². The second kappa shape index (κ2) is 4.15. The lowest BCUT2D eigenvalue weighted by molar-refractivity contribution is -0.126. The zero-order valence-electron chi connectivity index (χ0n) is 9.12. The van der Waals surface area contributed by atoms with Crippen molar-refractivity contribution in [1.29, 1.82) is 0 Å². The van der Waals surface area contributed by atoms with Gasteiger partial charge in [-0.3, -0.25) is 4.79 Å². The summed E-state index contributed by atoms with van der Waals surface area (Å²) in [7, 11) is 0. The van der Waals surface area contributed by atoms with Gasteiger partial charge in [-0.25, -0.2) is 0 Å². The van der Waals surface area contributed by atoms with Crippen LogP contribution >= 0.6 is 0 Å². The van der Waals surface area contributed by atoms with E-state index in [-0.39, 0.29) is 5.54 Å². The van der Waals surface area contributed by atoms with Crippen LogP contribution in [0.2, 0.25) is 0 Å². The van der Waals surface area contributed by atoms with Gasteiger partial charge in [0, 0.05) is 6.42 Å². The number of hydrogen-bond donors (Lipinski definition) is 1. The van der Waals surface area contributed by atoms with Crippen molar-refractivity contribution in [2.45, 2.75) is 31.7 Å². The maximum Gasteiger partial charge on any atom is 0.152 e. The minimum atomic E-state index is -0.348. The third kappa shape index (κ3) is 2.26. The van der Waals surface area contributed by atoms with E-state index in [2.05, 4.69) is 17.4 Å². The molecule has 1 heterocycles. The Kier molecular flexibility index (Phi) is 2.87. The molecular weight excluding hydrogens is 186 g/mol. The van der Waals surface area contributed by atoms with E-state index in [9.17, 15) is 4.79 Å². The van der Waals surface area contributed by atoms with Gasteiger partial charge in [0.05, 0.1) is 5.54 Å². The number of carbonyl (C=O) groups is 1. The van der Waals surface area contributed by atoms with Crippen molar-refractivity contribution in [3.05, 3.63) is 35.9 Å². The first-order chi connectivity index (χ1) is 7.21. The van der Waals surface area contributed by atoms with Crippen molar-refractivity contribution < 1.29 is 4.79 Å². The van der Waals surface area contributed by atoms with Crippen LogP contribution in [0.5, 0.6) is 0 Å². The summed E-state index contributed by atoms with van der Waals surface area (Å²) in [4.78, 5) is 11.9. The minimum absolute atomic E-state index is 0.345. The van der Waals surface area contributed by atoms with E-state index in [1.165, 1.54) is 5.56 Å². The molecule has 0 aliphatic carbocycles. The summed E-state index contributed by atoms with van der Waals surface area (Å²) in [6.07, 6.45) is 2.49. The molecule has 1 aromatic rings. The topological polar surface area (TPSA) is 29.1 Å². The first kappa shape index (κ1) is 10.4. The monoisotopic (exact) mass is 203 g/mol. The predicted molar refractivity (Wildman–Crippen MR) is 60.8 cm³/mol. The fourth-order valence-electron chi connectivity index (χ4n) is 2.15. The van der Waals surface area contributed by atoms with Gasteiger partial charge in [-0.15, -0.1) is 0 Å². The highest BCUT2D eigenvalue weighted by atomic mass is 16.1. The average molecular weight is 203 g/mol. The van der Waals surface area contributed by atoms with Crippen LogP contribution in [0.15, 0.2) is 30.3 Å². The Morgan fingerprint density at radius 3 is 2.73 bits per heavy atom. The predicted octanol–water partition coefficient (Wildman–Crippen LogP) is 1.94. The molecule has 0 radical (unpaired) electrons. The van der Waals surface area contributed by atoms with Gasteiger partial charge >= 0.3 is 0 Å². The highest BCUT2D eigenvalue weighted by Gasteiger charge is 2.34. The number of piperidine rings is 1. The highest BCUT2D eigenvalue weighted by Crippen LogP contribution is 2.20. The molecule has 2 nitrogen and oxygen atoms in total. The van der Waals surface area contributed by atoms with E-state index in [4.69, 9.17) is 0 Å². The van der Waals surface area contributed by atoms with Gasteiger partial charge < -0.3 is 5.32 Å². The number of benzene rings is 1. The van der Waals surface area contributed by atoms with Crippen molar-refractivity contribution in [3.8, 4) is 0 Å². The summed E-state index contributed by atoms with van der Waals surface area (Å²) < 4.78 is 0. The van der Waals surface area contributed by atoms with E-state index < -0.39 is 0 Å². The number of carbonyl (C=O) groups excluding carboxylic acids is 1. The zero-order valence-corrected chi connectivity index (χ0v) is 9.12. The summed E-state index contributed by atoms with van der Waals surface area (Å²) in [6, 6.07) is 10.2. The van der Waals surface area contributed by atoms with Crippen LogP contribution in [-0.4, -0.2) is 17.9 Å². The maximum atomic E-state index is 11.9. The summed E-state index contributed by atoms with van der Waals surface area (Å²) in [5.41, 5.74) is 0.877. The lowest BCUT2D eigenvalue weighted by Gasteiger charge is -2.33. The lowest BCUT2D eigenvalue weighted by atomic mass is 9.84. The zero-order chi connectivity index (χ0) is 10.7. The van der Waals surface area contributed by atoms with E-state index in [0.29, 0.717) is 5.78 Å². The van der Waals surface area contributed by atoms with Gasteiger partial charge in [-0.2, -0.15) is 0 Å². The van der Waals surface area contributed by atoms with Gasteiger partial charge in [0.1, 0.15) is 0 Å². The second-order valence-electron chi connectivity index (χ2n) is 4.45. The first-order valence-electron chi connectivity index (χ1n) is 5.53. The van der Waals surface area contributed by atoms with Gasteiger partial charge in [-0.05, 0) is 31.9 Å². The fraction of sp³-hybridized carbons (Fsp3) is 0.462. The van der Waals surface area contributed by atoms with Crippen molar-refractivity contribution in [1.82, 2.24) is 5.32 Å². The second-order valence-corrected chi connectivity index (χ2v) is 4.45. The molecule has 0 aromatic heterocycles. The summed E-state index contributed by atoms with van der Waals surface area (Å²) >= 11 is 0. The van der Waals surface area contributed by atoms with Gasteiger partial charge in [-0.1, -0.05) is 30.3 Å². The molecule has 0 amide bonds. The molecule has 80 valence electrons. The highest BCUT2D eigenvalue weighted by molar-refractivity contribution is 5.89. The first-order valence-corrected chi connectivity index (χ1v) is 5.53. The third-order valence-electron chi connectivity index (χ3n) is 3.11. The molecular formula is C13H17NO. The number of Topliss-reactive ketones (excluding diaryl/α,β-unsaturated/α-hetero) is 1. The molecule has 1 unspecified atom stereocenters. The van der Waals surface area contributed by atoms with Crippen LogP contribution in [-0.2, 0) is 11.2 Å². The standard InChI is InChI=1S/C13H17NO/c1-13(12(15)8-5-9-14-13)10-11-6-3-2-4-7-11/h2-4,6-7,14H,5,8-10H2,1H3. The maximum absolute atomic E-state index is 11.9. The van der Waals surface area contributed by atoms with Gasteiger partial charge in [0.2, 0.25) is 0 Å². The number of ketones is 1. The molecule has 0 bridgehead atoms. The lowest BCUT2D eigenvalue weighted by Crippen LogP contribution is -2.54. The largest absolute Gasteiger partial charge is 0.305 e. The van der Waals surface area contributed by atoms with Crippen molar-refractivity contribution in [3.63, 3.8) is 0 Å². The Morgan fingerprint density at radius 1 is 1.33 bits per heavy atom. The SMILES string of the molecule is CC1(Cc2ccccc2)NCCCC1=O. The van der Waals surface area contributed by atoms with Crippen LogP contribution in [0.25, 0.3) is 0 Å². The summed E-state index contributed by atoms with van der Waals surface area (Å²) in [6.45, 7) is 2.97. The minimum Gasteiger partial charge on any atom is -0.305 e. The summed E-state index contributed by atoms with van der Waals surface area (Å²) in [5, 5.41) is 3.34. The fourth-order valence-corrected chi connectivity index (χ4v) is 2.15. The molecule has 1 aliphatic rings. The van der Waals surface area contributed by atoms with Crippen LogP contribution in [0.1, 0.15) is 25.3 Å². The van der Waals surface area contributed by atoms with E-state index in [1.54, 1.807) is 0 Å². The molecule has 1 saturated heterocycles. The van der Waals surface area contributed by atoms with Gasteiger partial charge in [0.25, 0.3) is 0 Å². The quantitative estimate of drug-likeness (QED) is 0.796. The van der Waals surface area contributed by atoms with E-state index in [1.807, 2.05) is 25.1 Å². The van der Waals surface area contributed by atoms with Crippen molar-refractivity contribution in [2.75, 3.05) is 6.54 Å². The Hall–Kier alpha value is -1.15. The van der Waals surface area contributed by atoms with Crippen molar-refractivity contribution in [2.24, 2.45) is 0 Å². The smallest absolute Gasteiger partial charge is 0.152 e. The molecule has 1 fully saturated rings. The third-order valence-corrected chi connectivity index (χ3v) is 3.11. The molecule has 2 heteroatoms. The molecule has 0 spiro atoms. The van der Waals surface area contributed by atoms with Crippen LogP contribution in [0.3, 0.4) is 0 Å². The normalized spacial score (nSPS) is 26.6. The number of hydrogen-bond acceptors (Lipinski definition) is 2. The Bertz CT molecular complexity index is 347. The molecule has 15 heavy (non-hydrogen) atoms. The van der Waals surface area contributed by atoms with Crippen LogP contribution in [0.4, 0.5) is 0 Å². The number of nitrogens with one attached hydrogen (secondary N) is 1. The van der Waals surface area contributed by atoms with E-state index in [0.717, 1.165) is 25.8 Å². The molecule has 2 rings (SSSR count). The van der Waals surface area contributed by atoms with Gasteiger partial charge in [0.15, 0.2) is 5.78 Å². The van der Waals surface area contributed by atoms with E-state index >= 15 is 0 Å². The molecule has 1 aliphatic heterocycles. The Balaban J connectivity index is 2.13. The molecule has 1 atom stereocenters. The average Bonchev–Trinajstić information content (AvgIpc) is 2.24. The molecule has 1 aromatic carbocycles. The molecule has 0 saturated carbocycles. The van der Waals surface area contributed by atoms with Crippen LogP contribution in [0, 0.1) is 0 Å². The summed E-state index contributed by atoms with van der Waals surface area (Å²) in [5.74, 6) is 0.345. The van der Waals surface area contributed by atoms with Crippen LogP contribution < -0.4 is 5.32 Å².